The monoisotopic (exact) mass is 544 g/mol. The molecule has 0 radical (unpaired) electrons. The number of rotatable bonds is 21. The molecule has 3 aromatic carbocycles. The average molecular weight is 545 g/mol. The Kier molecular flexibility index (Phi) is 14.9. The van der Waals surface area contributed by atoms with Crippen LogP contribution in [0.2, 0.25) is 0 Å². The van der Waals surface area contributed by atoms with Gasteiger partial charge in [0, 0.05) is 13.1 Å². The Morgan fingerprint density at radius 1 is 0.800 bits per heavy atom. The van der Waals surface area contributed by atoms with Gasteiger partial charge in [-0.15, -0.1) is 0 Å². The summed E-state index contributed by atoms with van der Waals surface area (Å²) in [7, 11) is 0. The molecule has 0 saturated carbocycles. The van der Waals surface area contributed by atoms with Crippen LogP contribution in [0.25, 0.3) is 0 Å². The Bertz CT molecular complexity index is 1070. The van der Waals surface area contributed by atoms with Crippen molar-refractivity contribution in [3.05, 3.63) is 95.6 Å². The fraction of sp³-hybridized carbons (Fsp3) is 0.457. The molecule has 0 bridgehead atoms. The van der Waals surface area contributed by atoms with E-state index in [4.69, 9.17) is 4.74 Å². The van der Waals surface area contributed by atoms with Gasteiger partial charge in [0.15, 0.2) is 0 Å². The highest BCUT2D eigenvalue weighted by Crippen LogP contribution is 2.29. The lowest BCUT2D eigenvalue weighted by atomic mass is 10.1. The minimum absolute atomic E-state index is 0.403. The first-order chi connectivity index (χ1) is 19.7. The summed E-state index contributed by atoms with van der Waals surface area (Å²) in [6.07, 6.45) is 13.0. The van der Waals surface area contributed by atoms with Gasteiger partial charge in [-0.25, -0.2) is 0 Å². The van der Waals surface area contributed by atoms with Crippen LogP contribution < -0.4 is 10.1 Å². The summed E-state index contributed by atoms with van der Waals surface area (Å²) >= 11 is 0. The fourth-order valence-corrected chi connectivity index (χ4v) is 5.04. The highest BCUT2D eigenvalue weighted by Gasteiger charge is 2.16. The van der Waals surface area contributed by atoms with Crippen LogP contribution in [-0.2, 0) is 17.9 Å². The Hall–Kier alpha value is -3.15. The predicted molar refractivity (Wildman–Crippen MR) is 165 cm³/mol. The molecule has 0 aliphatic heterocycles. The lowest BCUT2D eigenvalue weighted by Crippen LogP contribution is -2.29. The number of nitrogens with one attached hydrogen (secondary N) is 1. The van der Waals surface area contributed by atoms with Crippen molar-refractivity contribution in [3.8, 4) is 5.75 Å². The number of carbonyl (C=O) groups excluding carboxylic acids is 1. The second kappa shape index (κ2) is 19.0. The van der Waals surface area contributed by atoms with Crippen molar-refractivity contribution in [2.75, 3.05) is 18.4 Å². The normalized spacial score (nSPS) is 11.9. The number of aliphatic hydroxyl groups is 1. The molecule has 3 aromatic rings. The zero-order chi connectivity index (χ0) is 28.3. The Morgan fingerprint density at radius 2 is 1.40 bits per heavy atom. The molecule has 40 heavy (non-hydrogen) atoms. The molecule has 0 aromatic heterocycles. The molecule has 0 saturated heterocycles. The molecule has 5 nitrogen and oxygen atoms in total. The van der Waals surface area contributed by atoms with Crippen LogP contribution in [0, 0.1) is 0 Å². The summed E-state index contributed by atoms with van der Waals surface area (Å²) in [5.41, 5.74) is 3.62. The van der Waals surface area contributed by atoms with Crippen LogP contribution in [-0.4, -0.2) is 29.5 Å². The maximum atomic E-state index is 11.3. The molecule has 1 atom stereocenters. The Labute approximate surface area is 241 Å². The van der Waals surface area contributed by atoms with Crippen LogP contribution in [0.4, 0.5) is 5.69 Å². The van der Waals surface area contributed by atoms with Gasteiger partial charge >= 0.3 is 0 Å². The Balaban J connectivity index is 1.54. The number of hydrogen-bond donors (Lipinski definition) is 2. The smallest absolute Gasteiger partial charge is 0.211 e. The molecule has 0 unspecified atom stereocenters. The van der Waals surface area contributed by atoms with E-state index >= 15 is 0 Å². The first-order valence-corrected chi connectivity index (χ1v) is 15.1. The second-order valence-electron chi connectivity index (χ2n) is 10.7. The van der Waals surface area contributed by atoms with Crippen LogP contribution in [0.3, 0.4) is 0 Å². The van der Waals surface area contributed by atoms with Gasteiger partial charge in [-0.3, -0.25) is 9.69 Å². The van der Waals surface area contributed by atoms with Gasteiger partial charge in [-0.05, 0) is 41.8 Å². The van der Waals surface area contributed by atoms with Gasteiger partial charge < -0.3 is 15.2 Å². The minimum Gasteiger partial charge on any atom is -0.487 e. The maximum Gasteiger partial charge on any atom is 0.211 e. The van der Waals surface area contributed by atoms with E-state index in [1.807, 2.05) is 54.6 Å². The topological polar surface area (TPSA) is 61.8 Å². The zero-order valence-electron chi connectivity index (χ0n) is 24.3. The summed E-state index contributed by atoms with van der Waals surface area (Å²) in [6.45, 7) is 4.94. The van der Waals surface area contributed by atoms with Gasteiger partial charge in [0.05, 0.1) is 11.8 Å². The van der Waals surface area contributed by atoms with E-state index in [1.165, 1.54) is 63.4 Å². The number of nitrogens with zero attached hydrogens (tertiary/aromatic N) is 1. The number of aliphatic hydroxyl groups excluding tert-OH is 1. The summed E-state index contributed by atoms with van der Waals surface area (Å²) < 4.78 is 5.97. The van der Waals surface area contributed by atoms with Crippen LogP contribution in [0.15, 0.2) is 78.9 Å². The molecule has 0 spiro atoms. The summed E-state index contributed by atoms with van der Waals surface area (Å²) in [5, 5.41) is 14.0. The molecular formula is C35H48N2O3. The molecule has 3 rings (SSSR count). The third kappa shape index (κ3) is 11.9. The number of ether oxygens (including phenoxy) is 1. The SMILES string of the molecule is CCCCCCCCCCCCN(Cc1ccccc1)C[C@H](O)c1ccc(OCc2ccccc2)c(NC=O)c1. The third-order valence-electron chi connectivity index (χ3n) is 7.35. The summed E-state index contributed by atoms with van der Waals surface area (Å²) in [6, 6.07) is 25.9. The van der Waals surface area contributed by atoms with E-state index in [1.54, 1.807) is 0 Å². The van der Waals surface area contributed by atoms with E-state index in [-0.39, 0.29) is 0 Å². The third-order valence-corrected chi connectivity index (χ3v) is 7.35. The molecule has 0 aliphatic rings. The van der Waals surface area contributed by atoms with Crippen LogP contribution in [0.5, 0.6) is 5.75 Å². The van der Waals surface area contributed by atoms with Crippen LogP contribution in [0.1, 0.15) is 93.9 Å². The van der Waals surface area contributed by atoms with Gasteiger partial charge in [-0.2, -0.15) is 0 Å². The van der Waals surface area contributed by atoms with Gasteiger partial charge in [0.1, 0.15) is 12.4 Å². The maximum absolute atomic E-state index is 11.3. The highest BCUT2D eigenvalue weighted by atomic mass is 16.5. The number of anilines is 1. The molecule has 5 heteroatoms. The van der Waals surface area contributed by atoms with Crippen molar-refractivity contribution >= 4 is 12.1 Å². The first kappa shape index (κ1) is 31.4. The molecule has 0 heterocycles. The minimum atomic E-state index is -0.679. The van der Waals surface area contributed by atoms with Gasteiger partial charge in [0.25, 0.3) is 0 Å². The predicted octanol–water partition coefficient (Wildman–Crippen LogP) is 8.29. The summed E-state index contributed by atoms with van der Waals surface area (Å²) in [5.74, 6) is 0.582. The van der Waals surface area contributed by atoms with Gasteiger partial charge in [0.2, 0.25) is 6.41 Å². The molecule has 216 valence electrons. The Morgan fingerprint density at radius 3 is 2.02 bits per heavy atom. The first-order valence-electron chi connectivity index (χ1n) is 15.1. The second-order valence-corrected chi connectivity index (χ2v) is 10.7. The van der Waals surface area contributed by atoms with Crippen molar-refractivity contribution in [3.63, 3.8) is 0 Å². The van der Waals surface area contributed by atoms with Crippen molar-refractivity contribution in [1.82, 2.24) is 4.90 Å². The highest BCUT2D eigenvalue weighted by molar-refractivity contribution is 5.76. The number of carbonyl (C=O) groups is 1. The average Bonchev–Trinajstić information content (AvgIpc) is 2.98. The van der Waals surface area contributed by atoms with Crippen LogP contribution >= 0.6 is 0 Å². The number of benzene rings is 3. The van der Waals surface area contributed by atoms with Gasteiger partial charge in [-0.1, -0.05) is 131 Å². The molecule has 0 aliphatic carbocycles. The van der Waals surface area contributed by atoms with Crippen molar-refractivity contribution in [2.45, 2.75) is 90.4 Å². The van der Waals surface area contributed by atoms with E-state index in [0.717, 1.165) is 30.6 Å². The van der Waals surface area contributed by atoms with Crippen molar-refractivity contribution < 1.29 is 14.6 Å². The van der Waals surface area contributed by atoms with E-state index in [0.29, 0.717) is 31.0 Å². The lowest BCUT2D eigenvalue weighted by Gasteiger charge is -2.26. The van der Waals surface area contributed by atoms with Crippen molar-refractivity contribution in [1.29, 1.82) is 0 Å². The van der Waals surface area contributed by atoms with E-state index in [9.17, 15) is 9.90 Å². The number of amides is 1. The zero-order valence-corrected chi connectivity index (χ0v) is 24.3. The standard InChI is InChI=1S/C35H48N2O3/c1-2-3-4-5-6-7-8-9-10-17-24-37(26-30-18-13-11-14-19-30)27-34(39)32-22-23-35(33(25-32)36-29-38)40-28-31-20-15-12-16-21-31/h11-16,18-23,25,29,34,39H,2-10,17,24,26-28H2,1H3,(H,36,38)/t34-/m0/s1. The lowest BCUT2D eigenvalue weighted by molar-refractivity contribution is -0.105. The van der Waals surface area contributed by atoms with Crippen molar-refractivity contribution in [2.24, 2.45) is 0 Å². The largest absolute Gasteiger partial charge is 0.487 e. The summed E-state index contributed by atoms with van der Waals surface area (Å²) in [4.78, 5) is 13.6. The number of hydrogen-bond acceptors (Lipinski definition) is 4. The molecule has 0 fully saturated rings. The molecule has 1 amide bonds. The molecular weight excluding hydrogens is 496 g/mol. The van der Waals surface area contributed by atoms with E-state index in [2.05, 4.69) is 41.4 Å². The van der Waals surface area contributed by atoms with E-state index < -0.39 is 6.10 Å². The molecule has 2 N–H and O–H groups in total. The quantitative estimate of drug-likeness (QED) is 0.105. The number of unbranched alkanes of at least 4 members (excludes halogenated alkanes) is 9. The fourth-order valence-electron chi connectivity index (χ4n) is 5.04.